The molecule has 1 saturated heterocycles. The van der Waals surface area contributed by atoms with Gasteiger partial charge in [0.1, 0.15) is 5.75 Å². The van der Waals surface area contributed by atoms with E-state index in [1.54, 1.807) is 4.90 Å². The highest BCUT2D eigenvalue weighted by molar-refractivity contribution is 6.62. The zero-order valence-corrected chi connectivity index (χ0v) is 15.6. The molecule has 24 heavy (non-hydrogen) atoms. The fourth-order valence-electron chi connectivity index (χ4n) is 2.54. The normalized spacial score (nSPS) is 18.5. The molecule has 0 bridgehead atoms. The first-order chi connectivity index (χ1) is 11.2. The lowest BCUT2D eigenvalue weighted by molar-refractivity contribution is -0.132. The summed E-state index contributed by atoms with van der Waals surface area (Å²) in [5.74, 6) is 0.628. The fourth-order valence-corrected chi connectivity index (χ4v) is 2.54. The second-order valence-electron chi connectivity index (χ2n) is 7.02. The number of carbonyl (C=O) groups excluding carboxylic acids is 1. The molecule has 0 aromatic heterocycles. The Morgan fingerprint density at radius 2 is 1.71 bits per heavy atom. The van der Waals surface area contributed by atoms with Gasteiger partial charge in [-0.1, -0.05) is 12.1 Å². The maximum atomic E-state index is 12.0. The van der Waals surface area contributed by atoms with Gasteiger partial charge < -0.3 is 18.9 Å². The van der Waals surface area contributed by atoms with Gasteiger partial charge in [-0.15, -0.1) is 0 Å². The lowest BCUT2D eigenvalue weighted by Crippen LogP contribution is -2.41. The van der Waals surface area contributed by atoms with Gasteiger partial charge in [0.05, 0.1) is 11.2 Å². The summed E-state index contributed by atoms with van der Waals surface area (Å²) in [4.78, 5) is 13.8. The van der Waals surface area contributed by atoms with Crippen LogP contribution in [0.25, 0.3) is 0 Å². The van der Waals surface area contributed by atoms with Crippen LogP contribution in [-0.2, 0) is 14.1 Å². The van der Waals surface area contributed by atoms with E-state index in [0.29, 0.717) is 18.8 Å². The molecule has 1 aliphatic rings. The number of nitrogens with zero attached hydrogens (tertiary/aromatic N) is 1. The number of ether oxygens (including phenoxy) is 1. The largest absolute Gasteiger partial charge is 0.494 e. The van der Waals surface area contributed by atoms with Crippen molar-refractivity contribution in [2.24, 2.45) is 0 Å². The summed E-state index contributed by atoms with van der Waals surface area (Å²) >= 11 is 0. The second kappa shape index (κ2) is 7.15. The van der Waals surface area contributed by atoms with Gasteiger partial charge in [-0.05, 0) is 59.1 Å². The maximum Gasteiger partial charge on any atom is 0.494 e. The van der Waals surface area contributed by atoms with Crippen molar-refractivity contribution in [1.29, 1.82) is 0 Å². The molecule has 1 fully saturated rings. The molecule has 132 valence electrons. The molecular weight excluding hydrogens is 305 g/mol. The van der Waals surface area contributed by atoms with Crippen LogP contribution in [0, 0.1) is 0 Å². The van der Waals surface area contributed by atoms with Crippen LogP contribution < -0.4 is 10.2 Å². The number of hydrogen-bond donors (Lipinski definition) is 0. The standard InChI is InChI=1S/C18H28BNO4/c1-7-20(8-2)16(21)13-22-15-11-9-10-14(12-15)19-23-17(3,4)18(5,6)24-19/h9-12H,7-8,13H2,1-6H3. The Labute approximate surface area is 145 Å². The molecule has 1 aromatic rings. The minimum Gasteiger partial charge on any atom is -0.484 e. The molecule has 5 nitrogen and oxygen atoms in total. The van der Waals surface area contributed by atoms with Gasteiger partial charge >= 0.3 is 7.12 Å². The Bertz CT molecular complexity index is 568. The van der Waals surface area contributed by atoms with E-state index in [2.05, 4.69) is 0 Å². The average Bonchev–Trinajstić information content (AvgIpc) is 2.75. The van der Waals surface area contributed by atoms with Gasteiger partial charge in [-0.25, -0.2) is 0 Å². The predicted octanol–water partition coefficient (Wildman–Crippen LogP) is 2.23. The Morgan fingerprint density at radius 1 is 1.12 bits per heavy atom. The van der Waals surface area contributed by atoms with Gasteiger partial charge in [0.2, 0.25) is 0 Å². The van der Waals surface area contributed by atoms with Crippen LogP contribution in [0.5, 0.6) is 5.75 Å². The number of likely N-dealkylation sites (N-methyl/N-ethyl adjacent to an activating group) is 1. The van der Waals surface area contributed by atoms with Crippen LogP contribution in [0.2, 0.25) is 0 Å². The van der Waals surface area contributed by atoms with Gasteiger partial charge in [0.15, 0.2) is 6.61 Å². The Morgan fingerprint density at radius 3 is 2.25 bits per heavy atom. The van der Waals surface area contributed by atoms with Crippen molar-refractivity contribution in [3.8, 4) is 5.75 Å². The first kappa shape index (κ1) is 18.8. The highest BCUT2D eigenvalue weighted by atomic mass is 16.7. The smallest absolute Gasteiger partial charge is 0.484 e. The van der Waals surface area contributed by atoms with Crippen LogP contribution >= 0.6 is 0 Å². The molecule has 0 atom stereocenters. The molecule has 1 amide bonds. The molecule has 6 heteroatoms. The molecule has 1 aliphatic heterocycles. The quantitative estimate of drug-likeness (QED) is 0.749. The highest BCUT2D eigenvalue weighted by Gasteiger charge is 2.51. The highest BCUT2D eigenvalue weighted by Crippen LogP contribution is 2.36. The molecule has 1 aromatic carbocycles. The van der Waals surface area contributed by atoms with Crippen LogP contribution in [0.15, 0.2) is 24.3 Å². The average molecular weight is 333 g/mol. The Hall–Kier alpha value is -1.53. The first-order valence-corrected chi connectivity index (χ1v) is 8.56. The number of benzene rings is 1. The van der Waals surface area contributed by atoms with Crippen molar-refractivity contribution in [2.75, 3.05) is 19.7 Å². The minimum absolute atomic E-state index is 0.0129. The van der Waals surface area contributed by atoms with E-state index in [1.165, 1.54) is 0 Å². The molecule has 0 radical (unpaired) electrons. The van der Waals surface area contributed by atoms with Gasteiger partial charge in [0.25, 0.3) is 5.91 Å². The molecule has 0 aliphatic carbocycles. The summed E-state index contributed by atoms with van der Waals surface area (Å²) in [5, 5.41) is 0. The lowest BCUT2D eigenvalue weighted by Gasteiger charge is -2.32. The minimum atomic E-state index is -0.433. The monoisotopic (exact) mass is 333 g/mol. The molecule has 0 saturated carbocycles. The van der Waals surface area contributed by atoms with Crippen molar-refractivity contribution >= 4 is 18.5 Å². The second-order valence-corrected chi connectivity index (χ2v) is 7.02. The summed E-state index contributed by atoms with van der Waals surface area (Å²) in [7, 11) is -0.433. The number of rotatable bonds is 6. The van der Waals surface area contributed by atoms with E-state index in [9.17, 15) is 4.79 Å². The third kappa shape index (κ3) is 3.93. The summed E-state index contributed by atoms with van der Waals surface area (Å²) in [6, 6.07) is 7.54. The van der Waals surface area contributed by atoms with Crippen molar-refractivity contribution in [3.63, 3.8) is 0 Å². The van der Waals surface area contributed by atoms with Gasteiger partial charge in [-0.2, -0.15) is 0 Å². The lowest BCUT2D eigenvalue weighted by atomic mass is 9.79. The van der Waals surface area contributed by atoms with E-state index in [4.69, 9.17) is 14.0 Å². The summed E-state index contributed by atoms with van der Waals surface area (Å²) in [6.45, 7) is 13.4. The van der Waals surface area contributed by atoms with E-state index in [0.717, 1.165) is 5.46 Å². The molecule has 0 unspecified atom stereocenters. The number of amides is 1. The van der Waals surface area contributed by atoms with Crippen LogP contribution in [0.4, 0.5) is 0 Å². The third-order valence-electron chi connectivity index (χ3n) is 4.86. The van der Waals surface area contributed by atoms with Crippen LogP contribution in [-0.4, -0.2) is 48.8 Å². The zero-order chi connectivity index (χ0) is 18.0. The van der Waals surface area contributed by atoms with Gasteiger partial charge in [0, 0.05) is 13.1 Å². The Balaban J connectivity index is 2.04. The number of carbonyl (C=O) groups is 1. The number of hydrogen-bond acceptors (Lipinski definition) is 4. The van der Waals surface area contributed by atoms with E-state index < -0.39 is 7.12 Å². The molecule has 2 rings (SSSR count). The zero-order valence-electron chi connectivity index (χ0n) is 15.6. The van der Waals surface area contributed by atoms with Crippen molar-refractivity contribution < 1.29 is 18.8 Å². The summed E-state index contributed by atoms with van der Waals surface area (Å²) in [6.07, 6.45) is 0. The van der Waals surface area contributed by atoms with Gasteiger partial charge in [-0.3, -0.25) is 4.79 Å². The van der Waals surface area contributed by atoms with E-state index in [-0.39, 0.29) is 23.7 Å². The molecule has 1 heterocycles. The summed E-state index contributed by atoms with van der Waals surface area (Å²) < 4.78 is 17.8. The summed E-state index contributed by atoms with van der Waals surface area (Å²) in [5.41, 5.74) is 0.127. The predicted molar refractivity (Wildman–Crippen MR) is 95.6 cm³/mol. The van der Waals surface area contributed by atoms with Crippen molar-refractivity contribution in [2.45, 2.75) is 52.7 Å². The van der Waals surface area contributed by atoms with E-state index >= 15 is 0 Å². The fraction of sp³-hybridized carbons (Fsp3) is 0.611. The third-order valence-corrected chi connectivity index (χ3v) is 4.86. The molecular formula is C18H28BNO4. The van der Waals surface area contributed by atoms with E-state index in [1.807, 2.05) is 65.8 Å². The first-order valence-electron chi connectivity index (χ1n) is 8.56. The SMILES string of the molecule is CCN(CC)C(=O)COc1cccc(B2OC(C)(C)C(C)(C)O2)c1. The maximum absolute atomic E-state index is 12.0. The molecule has 0 spiro atoms. The topological polar surface area (TPSA) is 48.0 Å². The van der Waals surface area contributed by atoms with Crippen molar-refractivity contribution in [3.05, 3.63) is 24.3 Å². The van der Waals surface area contributed by atoms with Crippen LogP contribution in [0.1, 0.15) is 41.5 Å². The Kier molecular flexibility index (Phi) is 5.61. The molecule has 0 N–H and O–H groups in total. The van der Waals surface area contributed by atoms with Crippen molar-refractivity contribution in [1.82, 2.24) is 4.90 Å². The van der Waals surface area contributed by atoms with Crippen LogP contribution in [0.3, 0.4) is 0 Å².